The van der Waals surface area contributed by atoms with Gasteiger partial charge in [-0.05, 0) is 18.2 Å². The minimum atomic E-state index is -3.52. The zero-order valence-electron chi connectivity index (χ0n) is 8.24. The van der Waals surface area contributed by atoms with E-state index < -0.39 is 10.2 Å². The monoisotopic (exact) mass is 294 g/mol. The lowest BCUT2D eigenvalue weighted by Crippen LogP contribution is -2.26. The molecule has 0 bridgehead atoms. The Kier molecular flexibility index (Phi) is 3.95. The standard InChI is InChI=1S/C8H11BrN2O3S/c1-10-15(12,13)11-7-5-6(9)3-4-8(7)14-2/h3-5,10-11H,1-2H3. The number of methoxy groups -OCH3 is 1. The third kappa shape index (κ3) is 3.37. The Morgan fingerprint density at radius 3 is 2.60 bits per heavy atom. The first-order chi connectivity index (χ1) is 6.98. The first-order valence-electron chi connectivity index (χ1n) is 4.03. The van der Waals surface area contributed by atoms with Crippen molar-refractivity contribution in [3.05, 3.63) is 22.7 Å². The number of ether oxygens (including phenoxy) is 1. The number of hydrogen-bond donors (Lipinski definition) is 2. The predicted molar refractivity (Wildman–Crippen MR) is 62.3 cm³/mol. The van der Waals surface area contributed by atoms with E-state index in [9.17, 15) is 8.42 Å². The van der Waals surface area contributed by atoms with Gasteiger partial charge in [-0.3, -0.25) is 4.72 Å². The van der Waals surface area contributed by atoms with Gasteiger partial charge in [-0.2, -0.15) is 8.42 Å². The second-order valence-corrected chi connectivity index (χ2v) is 5.19. The van der Waals surface area contributed by atoms with Crippen molar-refractivity contribution >= 4 is 31.8 Å². The number of nitrogens with one attached hydrogen (secondary N) is 2. The molecular formula is C8H11BrN2O3S. The summed E-state index contributed by atoms with van der Waals surface area (Å²) in [5.74, 6) is 0.456. The molecule has 0 amide bonds. The number of halogens is 1. The van der Waals surface area contributed by atoms with Crippen LogP contribution in [0.2, 0.25) is 0 Å². The maximum atomic E-state index is 11.3. The summed E-state index contributed by atoms with van der Waals surface area (Å²) >= 11 is 3.24. The summed E-state index contributed by atoms with van der Waals surface area (Å²) in [5.41, 5.74) is 0.376. The number of hydrogen-bond acceptors (Lipinski definition) is 3. The summed E-state index contributed by atoms with van der Waals surface area (Å²) in [4.78, 5) is 0. The topological polar surface area (TPSA) is 67.4 Å². The van der Waals surface area contributed by atoms with Crippen LogP contribution in [0.1, 0.15) is 0 Å². The Bertz CT molecular complexity index is 447. The molecule has 0 aliphatic carbocycles. The number of anilines is 1. The molecule has 5 nitrogen and oxygen atoms in total. The van der Waals surface area contributed by atoms with Crippen molar-refractivity contribution in [1.29, 1.82) is 0 Å². The molecule has 1 rings (SSSR count). The molecule has 0 radical (unpaired) electrons. The van der Waals surface area contributed by atoms with Crippen LogP contribution in [0.25, 0.3) is 0 Å². The molecule has 0 aliphatic heterocycles. The highest BCUT2D eigenvalue weighted by molar-refractivity contribution is 9.10. The van der Waals surface area contributed by atoms with Crippen LogP contribution < -0.4 is 14.2 Å². The molecule has 0 saturated carbocycles. The van der Waals surface area contributed by atoms with E-state index in [1.165, 1.54) is 14.2 Å². The minimum absolute atomic E-state index is 0.376. The Labute approximate surface area is 97.1 Å². The van der Waals surface area contributed by atoms with Gasteiger partial charge in [0.2, 0.25) is 0 Å². The van der Waals surface area contributed by atoms with Crippen LogP contribution in [-0.4, -0.2) is 22.6 Å². The van der Waals surface area contributed by atoms with E-state index in [1.807, 2.05) is 0 Å². The third-order valence-electron chi connectivity index (χ3n) is 1.67. The van der Waals surface area contributed by atoms with Gasteiger partial charge in [0.15, 0.2) is 0 Å². The molecule has 7 heteroatoms. The summed E-state index contributed by atoms with van der Waals surface area (Å²) in [6.45, 7) is 0. The normalized spacial score (nSPS) is 11.1. The van der Waals surface area contributed by atoms with Gasteiger partial charge in [-0.1, -0.05) is 15.9 Å². The highest BCUT2D eigenvalue weighted by Gasteiger charge is 2.10. The number of benzene rings is 1. The largest absolute Gasteiger partial charge is 0.495 e. The van der Waals surface area contributed by atoms with Crippen LogP contribution in [0, 0.1) is 0 Å². The number of rotatable bonds is 4. The fraction of sp³-hybridized carbons (Fsp3) is 0.250. The Morgan fingerprint density at radius 1 is 1.40 bits per heavy atom. The quantitative estimate of drug-likeness (QED) is 0.880. The maximum absolute atomic E-state index is 11.3. The van der Waals surface area contributed by atoms with Gasteiger partial charge in [-0.15, -0.1) is 0 Å². The van der Waals surface area contributed by atoms with E-state index in [0.29, 0.717) is 11.4 Å². The Balaban J connectivity index is 3.08. The molecule has 0 saturated heterocycles. The van der Waals surface area contributed by atoms with Gasteiger partial charge in [0, 0.05) is 11.5 Å². The molecule has 0 atom stereocenters. The highest BCUT2D eigenvalue weighted by Crippen LogP contribution is 2.28. The summed E-state index contributed by atoms with van der Waals surface area (Å²) in [6, 6.07) is 5.04. The molecule has 0 aliphatic rings. The van der Waals surface area contributed by atoms with Crippen molar-refractivity contribution in [2.24, 2.45) is 0 Å². The molecular weight excluding hydrogens is 284 g/mol. The Hall–Kier alpha value is -0.790. The van der Waals surface area contributed by atoms with Crippen LogP contribution >= 0.6 is 15.9 Å². The van der Waals surface area contributed by atoms with Crippen molar-refractivity contribution in [2.75, 3.05) is 18.9 Å². The van der Waals surface area contributed by atoms with Gasteiger partial charge in [-0.25, -0.2) is 4.72 Å². The van der Waals surface area contributed by atoms with Crippen molar-refractivity contribution < 1.29 is 13.2 Å². The van der Waals surface area contributed by atoms with E-state index in [1.54, 1.807) is 18.2 Å². The predicted octanol–water partition coefficient (Wildman–Crippen LogP) is 1.33. The van der Waals surface area contributed by atoms with E-state index in [4.69, 9.17) is 4.74 Å². The lowest BCUT2D eigenvalue weighted by atomic mass is 10.3. The second-order valence-electron chi connectivity index (χ2n) is 2.65. The summed E-state index contributed by atoms with van der Waals surface area (Å²) in [5, 5.41) is 0. The zero-order chi connectivity index (χ0) is 11.5. The molecule has 0 fully saturated rings. The fourth-order valence-electron chi connectivity index (χ4n) is 0.956. The molecule has 2 N–H and O–H groups in total. The fourth-order valence-corrected chi connectivity index (χ4v) is 1.87. The van der Waals surface area contributed by atoms with Crippen LogP contribution in [0.3, 0.4) is 0 Å². The molecule has 0 heterocycles. The van der Waals surface area contributed by atoms with Gasteiger partial charge in [0.05, 0.1) is 12.8 Å². The third-order valence-corrected chi connectivity index (χ3v) is 3.19. The van der Waals surface area contributed by atoms with Gasteiger partial charge in [0.1, 0.15) is 5.75 Å². The SMILES string of the molecule is CNS(=O)(=O)Nc1cc(Br)ccc1OC. The molecule has 0 spiro atoms. The summed E-state index contributed by atoms with van der Waals surface area (Å²) in [6.07, 6.45) is 0. The van der Waals surface area contributed by atoms with E-state index in [2.05, 4.69) is 25.4 Å². The van der Waals surface area contributed by atoms with Crippen molar-refractivity contribution in [1.82, 2.24) is 4.72 Å². The molecule has 15 heavy (non-hydrogen) atoms. The van der Waals surface area contributed by atoms with Crippen LogP contribution in [0.5, 0.6) is 5.75 Å². The molecule has 0 unspecified atom stereocenters. The first kappa shape index (κ1) is 12.3. The van der Waals surface area contributed by atoms with Crippen LogP contribution in [0.15, 0.2) is 22.7 Å². The average molecular weight is 295 g/mol. The van der Waals surface area contributed by atoms with Gasteiger partial charge >= 0.3 is 0 Å². The smallest absolute Gasteiger partial charge is 0.298 e. The molecule has 84 valence electrons. The van der Waals surface area contributed by atoms with Gasteiger partial charge in [0.25, 0.3) is 10.2 Å². The van der Waals surface area contributed by atoms with E-state index in [-0.39, 0.29) is 0 Å². The van der Waals surface area contributed by atoms with E-state index in [0.717, 1.165) is 4.47 Å². The first-order valence-corrected chi connectivity index (χ1v) is 6.31. The maximum Gasteiger partial charge on any atom is 0.298 e. The van der Waals surface area contributed by atoms with E-state index >= 15 is 0 Å². The van der Waals surface area contributed by atoms with Crippen LogP contribution in [0.4, 0.5) is 5.69 Å². The van der Waals surface area contributed by atoms with Crippen molar-refractivity contribution in [2.45, 2.75) is 0 Å². The summed E-state index contributed by atoms with van der Waals surface area (Å²) < 4.78 is 32.8. The van der Waals surface area contributed by atoms with Crippen LogP contribution in [-0.2, 0) is 10.2 Å². The zero-order valence-corrected chi connectivity index (χ0v) is 10.6. The van der Waals surface area contributed by atoms with Gasteiger partial charge < -0.3 is 4.74 Å². The lowest BCUT2D eigenvalue weighted by molar-refractivity contribution is 0.417. The average Bonchev–Trinajstić information content (AvgIpc) is 2.18. The lowest BCUT2D eigenvalue weighted by Gasteiger charge is -2.11. The molecule has 0 aromatic heterocycles. The minimum Gasteiger partial charge on any atom is -0.495 e. The highest BCUT2D eigenvalue weighted by atomic mass is 79.9. The second kappa shape index (κ2) is 4.82. The van der Waals surface area contributed by atoms with Crippen molar-refractivity contribution in [3.8, 4) is 5.75 Å². The molecule has 1 aromatic rings. The Morgan fingerprint density at radius 2 is 2.07 bits per heavy atom. The summed E-state index contributed by atoms with van der Waals surface area (Å²) in [7, 11) is -0.724. The van der Waals surface area contributed by atoms with Crippen molar-refractivity contribution in [3.63, 3.8) is 0 Å². The molecule has 1 aromatic carbocycles.